The zero-order chi connectivity index (χ0) is 16.9. The number of nitrogens with zero attached hydrogens (tertiary/aromatic N) is 8. The maximum atomic E-state index is 12.0. The lowest BCUT2D eigenvalue weighted by Gasteiger charge is -2.08. The number of aliphatic imine (C=N–C) groups is 1. The van der Waals surface area contributed by atoms with E-state index < -0.39 is 0 Å². The lowest BCUT2D eigenvalue weighted by Crippen LogP contribution is -2.53. The van der Waals surface area contributed by atoms with Crippen LogP contribution in [0.15, 0.2) is 51.2 Å². The van der Waals surface area contributed by atoms with Crippen LogP contribution in [-0.4, -0.2) is 51.2 Å². The molecule has 124 valence electrons. The van der Waals surface area contributed by atoms with Gasteiger partial charge in [0.05, 0.1) is 24.6 Å². The lowest BCUT2D eigenvalue weighted by atomic mass is 10.3. The Morgan fingerprint density at radius 3 is 2.88 bits per heavy atom. The van der Waals surface area contributed by atoms with Crippen LogP contribution < -0.4 is 14.9 Å². The third kappa shape index (κ3) is 3.68. The Hall–Kier alpha value is -2.95. The van der Waals surface area contributed by atoms with Gasteiger partial charge in [0.1, 0.15) is 0 Å². The second-order valence-electron chi connectivity index (χ2n) is 4.81. The molecule has 0 aliphatic carbocycles. The Labute approximate surface area is 141 Å². The van der Waals surface area contributed by atoms with Gasteiger partial charge in [-0.15, -0.1) is 5.10 Å². The first kappa shape index (κ1) is 15.9. The summed E-state index contributed by atoms with van der Waals surface area (Å²) < 4.78 is 6.52. The van der Waals surface area contributed by atoms with Gasteiger partial charge in [-0.2, -0.15) is 9.69 Å². The van der Waals surface area contributed by atoms with E-state index in [0.717, 1.165) is 5.69 Å². The zero-order valence-electron chi connectivity index (χ0n) is 13.0. The summed E-state index contributed by atoms with van der Waals surface area (Å²) in [6.45, 7) is 0. The summed E-state index contributed by atoms with van der Waals surface area (Å²) in [5.74, 6) is -0.155. The zero-order valence-corrected chi connectivity index (χ0v) is 13.8. The summed E-state index contributed by atoms with van der Waals surface area (Å²) in [7, 11) is 3.57. The van der Waals surface area contributed by atoms with Gasteiger partial charge >= 0.3 is 5.88 Å². The van der Waals surface area contributed by atoms with Crippen molar-refractivity contribution < 1.29 is 14.4 Å². The van der Waals surface area contributed by atoms with Gasteiger partial charge in [0.2, 0.25) is 10.4 Å². The summed E-state index contributed by atoms with van der Waals surface area (Å²) in [5, 5.41) is 29.3. The topological polar surface area (TPSA) is 112 Å². The molecule has 10 nitrogen and oxygen atoms in total. The van der Waals surface area contributed by atoms with Crippen LogP contribution in [0, 0.1) is 0 Å². The van der Waals surface area contributed by atoms with Crippen molar-refractivity contribution in [2.45, 2.75) is 5.16 Å². The number of thioether (sulfide) groups is 1. The van der Waals surface area contributed by atoms with Crippen molar-refractivity contribution in [3.63, 3.8) is 0 Å². The fourth-order valence-electron chi connectivity index (χ4n) is 1.75. The molecule has 0 bridgehead atoms. The van der Waals surface area contributed by atoms with Gasteiger partial charge < -0.3 is 5.11 Å². The van der Waals surface area contributed by atoms with E-state index >= 15 is 0 Å². The van der Waals surface area contributed by atoms with Crippen molar-refractivity contribution in [2.24, 2.45) is 4.99 Å². The maximum Gasteiger partial charge on any atom is 0.324 e. The Morgan fingerprint density at radius 2 is 2.17 bits per heavy atom. The van der Waals surface area contributed by atoms with Crippen LogP contribution in [0.2, 0.25) is 0 Å². The largest absolute Gasteiger partial charge is 0.861 e. The monoisotopic (exact) mass is 346 g/mol. The molecule has 1 aromatic carbocycles. The number of tetrazole rings is 1. The minimum absolute atomic E-state index is 0.0792. The second-order valence-corrected chi connectivity index (χ2v) is 5.75. The standard InChI is InChI=1S/C13H14N8O2S/c1-19(2)20-8-12(23-18-20)14-11(22)9-24-13-15-16-17-21(13)10-6-4-3-5-7-10/h3-8H,9H2,1-2H3. The average molecular weight is 346 g/mol. The average Bonchev–Trinajstić information content (AvgIpc) is 3.23. The molecule has 0 amide bonds. The highest BCUT2D eigenvalue weighted by molar-refractivity contribution is 7.99. The molecule has 0 saturated carbocycles. The van der Waals surface area contributed by atoms with Gasteiger partial charge in [-0.05, 0) is 28.5 Å². The summed E-state index contributed by atoms with van der Waals surface area (Å²) in [4.78, 5) is 5.28. The molecule has 2 heterocycles. The second kappa shape index (κ2) is 7.08. The highest BCUT2D eigenvalue weighted by Gasteiger charge is 2.13. The summed E-state index contributed by atoms with van der Waals surface area (Å²) in [6, 6.07) is 9.43. The molecule has 0 aliphatic rings. The van der Waals surface area contributed by atoms with Crippen LogP contribution in [0.5, 0.6) is 0 Å². The fraction of sp³-hybridized carbons (Fsp3) is 0.231. The molecule has 24 heavy (non-hydrogen) atoms. The Balaban J connectivity index is 1.67. The summed E-state index contributed by atoms with van der Waals surface area (Å²) >= 11 is 1.19. The molecule has 0 radical (unpaired) electrons. The van der Waals surface area contributed by atoms with Gasteiger partial charge in [-0.25, -0.2) is 4.99 Å². The normalized spacial score (nSPS) is 11.7. The van der Waals surface area contributed by atoms with Crippen molar-refractivity contribution in [1.29, 1.82) is 0 Å². The van der Waals surface area contributed by atoms with Crippen molar-refractivity contribution in [3.8, 4) is 5.69 Å². The van der Waals surface area contributed by atoms with Gasteiger partial charge in [0.25, 0.3) is 6.20 Å². The number of rotatable bonds is 6. The minimum Gasteiger partial charge on any atom is -0.861 e. The van der Waals surface area contributed by atoms with Gasteiger partial charge in [-0.1, -0.05) is 30.0 Å². The predicted octanol–water partition coefficient (Wildman–Crippen LogP) is -0.682. The van der Waals surface area contributed by atoms with Crippen LogP contribution in [-0.2, 0) is 0 Å². The number of hydrogen-bond donors (Lipinski definition) is 0. The fourth-order valence-corrected chi connectivity index (χ4v) is 2.42. The van der Waals surface area contributed by atoms with Crippen LogP contribution in [0.3, 0.4) is 0 Å². The Morgan fingerprint density at radius 1 is 1.38 bits per heavy atom. The third-order valence-corrected chi connectivity index (χ3v) is 3.76. The quantitative estimate of drug-likeness (QED) is 0.250. The van der Waals surface area contributed by atoms with E-state index in [1.807, 2.05) is 30.3 Å². The molecular formula is C13H14N8O2S. The van der Waals surface area contributed by atoms with E-state index in [4.69, 9.17) is 4.52 Å². The molecule has 0 aliphatic heterocycles. The first-order chi connectivity index (χ1) is 11.6. The number of para-hydroxylation sites is 1. The van der Waals surface area contributed by atoms with E-state index in [0.29, 0.717) is 5.16 Å². The molecule has 2 aromatic heterocycles. The maximum absolute atomic E-state index is 12.0. The SMILES string of the molecule is CN(C)[n+]1cc(/N=C(/[O-])CSc2nnnn2-c2ccccc2)on1. The van der Waals surface area contributed by atoms with Crippen molar-refractivity contribution in [3.05, 3.63) is 36.5 Å². The van der Waals surface area contributed by atoms with E-state index in [-0.39, 0.29) is 17.5 Å². The third-order valence-electron chi connectivity index (χ3n) is 2.86. The van der Waals surface area contributed by atoms with Crippen LogP contribution >= 0.6 is 11.8 Å². The smallest absolute Gasteiger partial charge is 0.324 e. The highest BCUT2D eigenvalue weighted by Crippen LogP contribution is 2.18. The molecule has 3 rings (SSSR count). The van der Waals surface area contributed by atoms with Gasteiger partial charge in [0.15, 0.2) is 0 Å². The first-order valence-corrected chi connectivity index (χ1v) is 7.89. The van der Waals surface area contributed by atoms with Crippen molar-refractivity contribution in [1.82, 2.24) is 25.5 Å². The van der Waals surface area contributed by atoms with Gasteiger partial charge in [-0.3, -0.25) is 4.52 Å². The predicted molar refractivity (Wildman–Crippen MR) is 83.7 cm³/mol. The molecule has 0 atom stereocenters. The van der Waals surface area contributed by atoms with Crippen molar-refractivity contribution >= 4 is 23.5 Å². The molecule has 0 saturated heterocycles. The molecule has 0 spiro atoms. The molecule has 3 aromatic rings. The Bertz CT molecular complexity index is 829. The van der Waals surface area contributed by atoms with E-state index in [1.54, 1.807) is 23.8 Å². The summed E-state index contributed by atoms with van der Waals surface area (Å²) in [5.41, 5.74) is 0.816. The highest BCUT2D eigenvalue weighted by atomic mass is 32.2. The molecule has 0 fully saturated rings. The van der Waals surface area contributed by atoms with Crippen molar-refractivity contribution in [2.75, 3.05) is 24.9 Å². The van der Waals surface area contributed by atoms with E-state index in [1.165, 1.54) is 22.7 Å². The first-order valence-electron chi connectivity index (χ1n) is 6.91. The van der Waals surface area contributed by atoms with Crippen LogP contribution in [0.25, 0.3) is 5.69 Å². The molecular weight excluding hydrogens is 332 g/mol. The minimum atomic E-state index is -0.371. The van der Waals surface area contributed by atoms with Crippen LogP contribution in [0.1, 0.15) is 0 Å². The van der Waals surface area contributed by atoms with Gasteiger partial charge in [0, 0.05) is 5.75 Å². The molecule has 0 N–H and O–H groups in total. The Kier molecular flexibility index (Phi) is 4.70. The number of hydrogen-bond acceptors (Lipinski definition) is 9. The van der Waals surface area contributed by atoms with Crippen LogP contribution in [0.4, 0.5) is 5.88 Å². The van der Waals surface area contributed by atoms with E-state index in [2.05, 4.69) is 25.8 Å². The van der Waals surface area contributed by atoms with E-state index in [9.17, 15) is 5.11 Å². The lowest BCUT2D eigenvalue weighted by molar-refractivity contribution is -0.753. The summed E-state index contributed by atoms with van der Waals surface area (Å²) in [6.07, 6.45) is 1.51. The molecule has 0 unspecified atom stereocenters. The number of aromatic nitrogens is 6. The number of benzene rings is 1. The molecule has 11 heteroatoms.